The van der Waals surface area contributed by atoms with Crippen molar-refractivity contribution in [3.63, 3.8) is 0 Å². The van der Waals surface area contributed by atoms with Crippen molar-refractivity contribution >= 4 is 5.97 Å². The molecule has 0 N–H and O–H groups in total. The van der Waals surface area contributed by atoms with Gasteiger partial charge in [0.05, 0.1) is 26.9 Å². The fourth-order valence-corrected chi connectivity index (χ4v) is 1.87. The largest absolute Gasteiger partial charge is 0.496 e. The first kappa shape index (κ1) is 12.9. The molecule has 1 aliphatic rings. The van der Waals surface area contributed by atoms with Crippen molar-refractivity contribution in [3.8, 4) is 5.75 Å². The number of ether oxygens (including phenoxy) is 4. The van der Waals surface area contributed by atoms with Crippen LogP contribution in [0.15, 0.2) is 18.2 Å². The van der Waals surface area contributed by atoms with Gasteiger partial charge in [0.2, 0.25) is 0 Å². The van der Waals surface area contributed by atoms with Gasteiger partial charge in [0.25, 0.3) is 0 Å². The summed E-state index contributed by atoms with van der Waals surface area (Å²) in [6.45, 7) is 3.10. The van der Waals surface area contributed by atoms with Gasteiger partial charge in [-0.1, -0.05) is 12.1 Å². The molecular formula is C13H16O5. The van der Waals surface area contributed by atoms with E-state index in [4.69, 9.17) is 18.9 Å². The first-order valence-corrected chi connectivity index (χ1v) is 5.85. The molecule has 0 aromatic heterocycles. The minimum absolute atomic E-state index is 0.308. The maximum atomic E-state index is 12.0. The smallest absolute Gasteiger partial charge is 0.342 e. The van der Waals surface area contributed by atoms with Gasteiger partial charge in [0.15, 0.2) is 6.29 Å². The third-order valence-electron chi connectivity index (χ3n) is 2.63. The van der Waals surface area contributed by atoms with E-state index in [-0.39, 0.29) is 0 Å². The van der Waals surface area contributed by atoms with E-state index >= 15 is 0 Å². The van der Waals surface area contributed by atoms with Gasteiger partial charge in [-0.2, -0.15) is 0 Å². The Morgan fingerprint density at radius 2 is 2.11 bits per heavy atom. The second-order valence-electron chi connectivity index (χ2n) is 3.72. The lowest BCUT2D eigenvalue weighted by Crippen LogP contribution is -2.13. The van der Waals surface area contributed by atoms with Crippen LogP contribution in [0.1, 0.15) is 29.1 Å². The molecule has 0 unspecified atom stereocenters. The highest BCUT2D eigenvalue weighted by Gasteiger charge is 2.27. The molecule has 1 fully saturated rings. The van der Waals surface area contributed by atoms with E-state index in [9.17, 15) is 4.79 Å². The van der Waals surface area contributed by atoms with Gasteiger partial charge < -0.3 is 18.9 Å². The molecule has 0 spiro atoms. The number of esters is 1. The number of benzene rings is 1. The molecule has 18 heavy (non-hydrogen) atoms. The van der Waals surface area contributed by atoms with Gasteiger partial charge >= 0.3 is 5.97 Å². The van der Waals surface area contributed by atoms with E-state index in [1.165, 1.54) is 7.11 Å². The average Bonchev–Trinajstić information content (AvgIpc) is 2.91. The molecule has 1 saturated heterocycles. The quantitative estimate of drug-likeness (QED) is 0.766. The molecule has 1 aromatic rings. The Morgan fingerprint density at radius 3 is 2.72 bits per heavy atom. The van der Waals surface area contributed by atoms with Crippen LogP contribution in [-0.2, 0) is 14.2 Å². The monoisotopic (exact) mass is 252 g/mol. The van der Waals surface area contributed by atoms with Crippen LogP contribution in [0, 0.1) is 0 Å². The molecule has 0 saturated carbocycles. The topological polar surface area (TPSA) is 54.0 Å². The lowest BCUT2D eigenvalue weighted by Gasteiger charge is -2.16. The summed E-state index contributed by atoms with van der Waals surface area (Å²) in [6, 6.07) is 5.29. The fourth-order valence-electron chi connectivity index (χ4n) is 1.87. The molecule has 0 radical (unpaired) electrons. The van der Waals surface area contributed by atoms with E-state index < -0.39 is 12.3 Å². The van der Waals surface area contributed by atoms with Crippen LogP contribution in [0.5, 0.6) is 5.75 Å². The van der Waals surface area contributed by atoms with Crippen LogP contribution in [0.2, 0.25) is 0 Å². The molecule has 0 amide bonds. The standard InChI is InChI=1S/C13H16O5/c1-3-16-12(14)11-9(13-17-7-8-18-13)5-4-6-10(11)15-2/h4-6,13H,3,7-8H2,1-2H3. The molecule has 2 rings (SSSR count). The zero-order chi connectivity index (χ0) is 13.0. The number of hydrogen-bond acceptors (Lipinski definition) is 5. The number of hydrogen-bond donors (Lipinski definition) is 0. The van der Waals surface area contributed by atoms with Crippen molar-refractivity contribution in [2.45, 2.75) is 13.2 Å². The van der Waals surface area contributed by atoms with Crippen molar-refractivity contribution < 1.29 is 23.7 Å². The summed E-state index contributed by atoms with van der Waals surface area (Å²) in [5.41, 5.74) is 1.01. The predicted octanol–water partition coefficient (Wildman–Crippen LogP) is 1.92. The SMILES string of the molecule is CCOC(=O)c1c(OC)cccc1C1OCCO1. The molecule has 5 heteroatoms. The van der Waals surface area contributed by atoms with Gasteiger partial charge in [-0.3, -0.25) is 0 Å². The third kappa shape index (κ3) is 2.47. The number of carbonyl (C=O) groups is 1. The van der Waals surface area contributed by atoms with Crippen molar-refractivity contribution in [2.75, 3.05) is 26.9 Å². The first-order valence-electron chi connectivity index (χ1n) is 5.85. The van der Waals surface area contributed by atoms with Crippen molar-refractivity contribution in [3.05, 3.63) is 29.3 Å². The minimum Gasteiger partial charge on any atom is -0.496 e. The van der Waals surface area contributed by atoms with Gasteiger partial charge in [-0.25, -0.2) is 4.79 Å². The molecule has 1 heterocycles. The average molecular weight is 252 g/mol. The number of rotatable bonds is 4. The van der Waals surface area contributed by atoms with Crippen LogP contribution in [-0.4, -0.2) is 32.9 Å². The Kier molecular flexibility index (Phi) is 4.17. The summed E-state index contributed by atoms with van der Waals surface area (Å²) in [5, 5.41) is 0. The molecule has 1 aliphatic heterocycles. The molecule has 0 aliphatic carbocycles. The lowest BCUT2D eigenvalue weighted by atomic mass is 10.1. The lowest BCUT2D eigenvalue weighted by molar-refractivity contribution is -0.0451. The van der Waals surface area contributed by atoms with Crippen molar-refractivity contribution in [1.82, 2.24) is 0 Å². The molecule has 0 atom stereocenters. The Bertz CT molecular complexity index is 423. The molecular weight excluding hydrogens is 236 g/mol. The van der Waals surface area contributed by atoms with E-state index in [1.807, 2.05) is 0 Å². The van der Waals surface area contributed by atoms with Crippen molar-refractivity contribution in [2.24, 2.45) is 0 Å². The summed E-state index contributed by atoms with van der Waals surface area (Å²) in [4.78, 5) is 12.0. The van der Waals surface area contributed by atoms with Gasteiger partial charge in [0, 0.05) is 5.56 Å². The Labute approximate surface area is 106 Å². The summed E-state index contributed by atoms with van der Waals surface area (Å²) in [5.74, 6) is 0.0362. The molecule has 5 nitrogen and oxygen atoms in total. The maximum absolute atomic E-state index is 12.0. The highest BCUT2D eigenvalue weighted by Crippen LogP contribution is 2.32. The van der Waals surface area contributed by atoms with E-state index in [2.05, 4.69) is 0 Å². The van der Waals surface area contributed by atoms with Gasteiger partial charge in [-0.05, 0) is 13.0 Å². The van der Waals surface area contributed by atoms with Crippen LogP contribution in [0.4, 0.5) is 0 Å². The summed E-state index contributed by atoms with van der Waals surface area (Å²) >= 11 is 0. The second kappa shape index (κ2) is 5.84. The van der Waals surface area contributed by atoms with Crippen LogP contribution < -0.4 is 4.74 Å². The molecule has 98 valence electrons. The zero-order valence-electron chi connectivity index (χ0n) is 10.5. The minimum atomic E-state index is -0.528. The van der Waals surface area contributed by atoms with Crippen LogP contribution in [0.3, 0.4) is 0 Å². The summed E-state index contributed by atoms with van der Waals surface area (Å²) in [7, 11) is 1.51. The Balaban J connectivity index is 2.40. The zero-order valence-corrected chi connectivity index (χ0v) is 10.5. The number of methoxy groups -OCH3 is 1. The second-order valence-corrected chi connectivity index (χ2v) is 3.72. The highest BCUT2D eigenvalue weighted by atomic mass is 16.7. The van der Waals surface area contributed by atoms with Gasteiger partial charge in [-0.15, -0.1) is 0 Å². The fraction of sp³-hybridized carbons (Fsp3) is 0.462. The van der Waals surface area contributed by atoms with Gasteiger partial charge in [0.1, 0.15) is 11.3 Å². The summed E-state index contributed by atoms with van der Waals surface area (Å²) < 4.78 is 21.1. The van der Waals surface area contributed by atoms with Crippen LogP contribution >= 0.6 is 0 Å². The van der Waals surface area contributed by atoms with Crippen LogP contribution in [0.25, 0.3) is 0 Å². The molecule has 0 bridgehead atoms. The first-order chi connectivity index (χ1) is 8.77. The third-order valence-corrected chi connectivity index (χ3v) is 2.63. The predicted molar refractivity (Wildman–Crippen MR) is 63.6 cm³/mol. The van der Waals surface area contributed by atoms with E-state index in [1.54, 1.807) is 25.1 Å². The summed E-state index contributed by atoms with van der Waals surface area (Å²) in [6.07, 6.45) is -0.528. The highest BCUT2D eigenvalue weighted by molar-refractivity contribution is 5.94. The normalized spacial score (nSPS) is 15.7. The number of carbonyl (C=O) groups excluding carboxylic acids is 1. The van der Waals surface area contributed by atoms with E-state index in [0.29, 0.717) is 36.7 Å². The van der Waals surface area contributed by atoms with E-state index in [0.717, 1.165) is 0 Å². The maximum Gasteiger partial charge on any atom is 0.342 e. The molecule has 1 aromatic carbocycles. The Hall–Kier alpha value is -1.59. The van der Waals surface area contributed by atoms with Crippen molar-refractivity contribution in [1.29, 1.82) is 0 Å². The Morgan fingerprint density at radius 1 is 1.39 bits per heavy atom.